The van der Waals surface area contributed by atoms with Crippen molar-refractivity contribution in [3.8, 4) is 0 Å². The zero-order valence-corrected chi connectivity index (χ0v) is 12.4. The van der Waals surface area contributed by atoms with Gasteiger partial charge in [-0.25, -0.2) is 0 Å². The number of nitrogens with two attached hydrogens (primary N) is 1. The van der Waals surface area contributed by atoms with Crippen LogP contribution >= 0.6 is 0 Å². The molecule has 0 bridgehead atoms. The van der Waals surface area contributed by atoms with Gasteiger partial charge in [0, 0.05) is 26.2 Å². The largest absolute Gasteiger partial charge is 0.370 e. The molecular weight excluding hydrogens is 224 g/mol. The molecular formula is C14H30N4. The Balaban J connectivity index is 2.30. The minimum atomic E-state index is 0.595. The van der Waals surface area contributed by atoms with Crippen LogP contribution in [0.4, 0.5) is 0 Å². The average molecular weight is 254 g/mol. The maximum Gasteiger partial charge on any atom is 0.191 e. The van der Waals surface area contributed by atoms with Gasteiger partial charge >= 0.3 is 0 Å². The number of likely N-dealkylation sites (tertiary alicyclic amines) is 1. The van der Waals surface area contributed by atoms with E-state index in [-0.39, 0.29) is 0 Å². The van der Waals surface area contributed by atoms with Crippen LogP contribution in [0, 0.1) is 5.92 Å². The van der Waals surface area contributed by atoms with Gasteiger partial charge in [-0.3, -0.25) is 4.99 Å². The normalized spacial score (nSPS) is 19.8. The predicted molar refractivity (Wildman–Crippen MR) is 78.9 cm³/mol. The Morgan fingerprint density at radius 3 is 2.39 bits per heavy atom. The zero-order chi connectivity index (χ0) is 13.4. The monoisotopic (exact) mass is 254 g/mol. The molecule has 4 heteroatoms. The summed E-state index contributed by atoms with van der Waals surface area (Å²) < 4.78 is 0. The fraction of sp³-hybridized carbons (Fsp3) is 0.929. The van der Waals surface area contributed by atoms with Crippen molar-refractivity contribution in [2.45, 2.75) is 40.0 Å². The van der Waals surface area contributed by atoms with Gasteiger partial charge in [0.05, 0.1) is 0 Å². The molecule has 1 atom stereocenters. The van der Waals surface area contributed by atoms with Gasteiger partial charge in [0.2, 0.25) is 0 Å². The van der Waals surface area contributed by atoms with Gasteiger partial charge in [-0.05, 0) is 45.7 Å². The molecule has 4 nitrogen and oxygen atoms in total. The maximum absolute atomic E-state index is 5.98. The van der Waals surface area contributed by atoms with Crippen LogP contribution in [0.15, 0.2) is 4.99 Å². The van der Waals surface area contributed by atoms with Crippen LogP contribution in [0.2, 0.25) is 0 Å². The highest BCUT2D eigenvalue weighted by Crippen LogP contribution is 2.11. The first kappa shape index (κ1) is 15.3. The molecule has 1 heterocycles. The molecule has 1 saturated heterocycles. The third-order valence-electron chi connectivity index (χ3n) is 3.67. The maximum atomic E-state index is 5.98. The van der Waals surface area contributed by atoms with E-state index in [1.54, 1.807) is 0 Å². The van der Waals surface area contributed by atoms with Gasteiger partial charge in [-0.2, -0.15) is 0 Å². The molecule has 1 unspecified atom stereocenters. The Bertz CT molecular complexity index is 242. The highest BCUT2D eigenvalue weighted by Gasteiger charge is 2.13. The smallest absolute Gasteiger partial charge is 0.191 e. The predicted octanol–water partition coefficient (Wildman–Crippen LogP) is 1.76. The number of nitrogens with zero attached hydrogens (tertiary/aromatic N) is 3. The van der Waals surface area contributed by atoms with E-state index in [4.69, 9.17) is 5.73 Å². The molecule has 18 heavy (non-hydrogen) atoms. The lowest BCUT2D eigenvalue weighted by molar-refractivity contribution is 0.202. The molecule has 1 fully saturated rings. The van der Waals surface area contributed by atoms with Crippen molar-refractivity contribution in [3.63, 3.8) is 0 Å². The lowest BCUT2D eigenvalue weighted by Gasteiger charge is -2.28. The summed E-state index contributed by atoms with van der Waals surface area (Å²) >= 11 is 0. The molecule has 106 valence electrons. The number of hydrogen-bond donors (Lipinski definition) is 1. The van der Waals surface area contributed by atoms with E-state index in [1.807, 2.05) is 0 Å². The van der Waals surface area contributed by atoms with Crippen LogP contribution in [0.5, 0.6) is 0 Å². The lowest BCUT2D eigenvalue weighted by Crippen LogP contribution is -2.38. The molecule has 0 saturated carbocycles. The summed E-state index contributed by atoms with van der Waals surface area (Å²) in [4.78, 5) is 9.20. The molecule has 1 aliphatic rings. The highest BCUT2D eigenvalue weighted by molar-refractivity contribution is 5.77. The van der Waals surface area contributed by atoms with Gasteiger partial charge < -0.3 is 15.5 Å². The molecule has 2 N–H and O–H groups in total. The Hall–Kier alpha value is -0.770. The van der Waals surface area contributed by atoms with Crippen molar-refractivity contribution < 1.29 is 0 Å². The van der Waals surface area contributed by atoms with Gasteiger partial charge in [-0.1, -0.05) is 13.3 Å². The zero-order valence-electron chi connectivity index (χ0n) is 12.4. The number of guanidine groups is 1. The van der Waals surface area contributed by atoms with Crippen molar-refractivity contribution in [2.75, 3.05) is 39.3 Å². The van der Waals surface area contributed by atoms with E-state index in [0.717, 1.165) is 26.2 Å². The second-order valence-corrected chi connectivity index (χ2v) is 5.34. The Morgan fingerprint density at radius 2 is 1.83 bits per heavy atom. The third kappa shape index (κ3) is 5.25. The highest BCUT2D eigenvalue weighted by atomic mass is 15.2. The Morgan fingerprint density at radius 1 is 1.22 bits per heavy atom. The van der Waals surface area contributed by atoms with Crippen LogP contribution in [-0.2, 0) is 0 Å². The van der Waals surface area contributed by atoms with Crippen molar-refractivity contribution in [1.82, 2.24) is 9.80 Å². The van der Waals surface area contributed by atoms with Crippen molar-refractivity contribution in [1.29, 1.82) is 0 Å². The van der Waals surface area contributed by atoms with Gasteiger partial charge in [0.15, 0.2) is 5.96 Å². The van der Waals surface area contributed by atoms with Crippen molar-refractivity contribution in [3.05, 3.63) is 0 Å². The molecule has 1 aliphatic heterocycles. The SMILES string of the molecule is CCN(CC)C(N)=NCC(C)CN1CCCCC1. The van der Waals surface area contributed by atoms with Crippen LogP contribution in [0.25, 0.3) is 0 Å². The third-order valence-corrected chi connectivity index (χ3v) is 3.67. The van der Waals surface area contributed by atoms with Crippen LogP contribution in [-0.4, -0.2) is 55.0 Å². The Kier molecular flexibility index (Phi) is 7.09. The molecule has 0 amide bonds. The summed E-state index contributed by atoms with van der Waals surface area (Å²) in [6.07, 6.45) is 4.12. The molecule has 0 aromatic rings. The minimum Gasteiger partial charge on any atom is -0.370 e. The number of piperidine rings is 1. The summed E-state index contributed by atoms with van der Waals surface area (Å²) in [5.41, 5.74) is 5.98. The van der Waals surface area contributed by atoms with Crippen LogP contribution in [0.3, 0.4) is 0 Å². The minimum absolute atomic E-state index is 0.595. The quantitative estimate of drug-likeness (QED) is 0.580. The molecule has 1 rings (SSSR count). The first-order valence-electron chi connectivity index (χ1n) is 7.44. The summed E-state index contributed by atoms with van der Waals surface area (Å²) in [6.45, 7) is 12.9. The van der Waals surface area contributed by atoms with Gasteiger partial charge in [0.1, 0.15) is 0 Å². The van der Waals surface area contributed by atoms with Gasteiger partial charge in [-0.15, -0.1) is 0 Å². The number of aliphatic imine (C=N–C) groups is 1. The van der Waals surface area contributed by atoms with E-state index in [2.05, 4.69) is 35.6 Å². The van der Waals surface area contributed by atoms with E-state index in [9.17, 15) is 0 Å². The van der Waals surface area contributed by atoms with E-state index in [0.29, 0.717) is 11.9 Å². The second-order valence-electron chi connectivity index (χ2n) is 5.34. The summed E-state index contributed by atoms with van der Waals surface area (Å²) in [7, 11) is 0. The lowest BCUT2D eigenvalue weighted by atomic mass is 10.1. The number of rotatable bonds is 6. The van der Waals surface area contributed by atoms with Crippen LogP contribution < -0.4 is 5.73 Å². The fourth-order valence-corrected chi connectivity index (χ4v) is 2.54. The standard InChI is InChI=1S/C14H30N4/c1-4-18(5-2)14(15)16-11-13(3)12-17-9-7-6-8-10-17/h13H,4-12H2,1-3H3,(H2,15,16). The summed E-state index contributed by atoms with van der Waals surface area (Å²) in [5.74, 6) is 1.29. The molecule has 0 spiro atoms. The molecule has 0 aromatic heterocycles. The van der Waals surface area contributed by atoms with E-state index < -0.39 is 0 Å². The Labute approximate surface area is 112 Å². The van der Waals surface area contributed by atoms with Crippen LogP contribution in [0.1, 0.15) is 40.0 Å². The van der Waals surface area contributed by atoms with Crippen molar-refractivity contribution >= 4 is 5.96 Å². The summed E-state index contributed by atoms with van der Waals surface area (Å²) in [6, 6.07) is 0. The summed E-state index contributed by atoms with van der Waals surface area (Å²) in [5, 5.41) is 0. The van der Waals surface area contributed by atoms with Gasteiger partial charge in [0.25, 0.3) is 0 Å². The molecule has 0 aromatic carbocycles. The first-order valence-corrected chi connectivity index (χ1v) is 7.44. The average Bonchev–Trinajstić information content (AvgIpc) is 2.39. The molecule has 0 aliphatic carbocycles. The first-order chi connectivity index (χ1) is 8.67. The molecule has 0 radical (unpaired) electrons. The topological polar surface area (TPSA) is 44.9 Å². The fourth-order valence-electron chi connectivity index (χ4n) is 2.54. The van der Waals surface area contributed by atoms with Crippen molar-refractivity contribution in [2.24, 2.45) is 16.6 Å². The number of hydrogen-bond acceptors (Lipinski definition) is 2. The second kappa shape index (κ2) is 8.35. The van der Waals surface area contributed by atoms with E-state index >= 15 is 0 Å². The van der Waals surface area contributed by atoms with E-state index in [1.165, 1.54) is 32.4 Å².